The van der Waals surface area contributed by atoms with Crippen LogP contribution in [0.15, 0.2) is 284 Å². The fourth-order valence-electron chi connectivity index (χ4n) is 15.1. The van der Waals surface area contributed by atoms with Gasteiger partial charge in [-0.2, -0.15) is 10.5 Å². The number of carbonyl (C=O) groups excluding carboxylic acids is 1. The monoisotopic (exact) mass is 2270 g/mol. The summed E-state index contributed by atoms with van der Waals surface area (Å²) < 4.78 is 66.6. The third-order valence-corrected chi connectivity index (χ3v) is 24.0. The lowest BCUT2D eigenvalue weighted by molar-refractivity contribution is -0.152. The summed E-state index contributed by atoms with van der Waals surface area (Å²) in [6.07, 6.45) is 1.93. The van der Waals surface area contributed by atoms with Gasteiger partial charge in [-0.3, -0.25) is 24.3 Å². The fourth-order valence-corrected chi connectivity index (χ4v) is 17.9. The number of carboxylic acids is 1. The maximum atomic E-state index is 13.0. The van der Waals surface area contributed by atoms with Gasteiger partial charge in [0.1, 0.15) is 28.8 Å². The molecule has 0 bridgehead atoms. The number of likely N-dealkylation sites (tertiary alicyclic amines) is 3. The molecule has 778 valence electrons. The van der Waals surface area contributed by atoms with Crippen molar-refractivity contribution in [2.75, 3.05) is 131 Å². The van der Waals surface area contributed by atoms with E-state index < -0.39 is 35.7 Å². The zero-order chi connectivity index (χ0) is 106. The molecule has 4 aliphatic heterocycles. The number of nitrogens with zero attached hydrogens (tertiary/aromatic N) is 6. The number of aldehydes is 1. The zero-order valence-corrected chi connectivity index (χ0v) is 95.2. The topological polar surface area (TPSA) is 220 Å². The van der Waals surface area contributed by atoms with Gasteiger partial charge in [-0.25, -0.2) is 8.78 Å². The van der Waals surface area contributed by atoms with E-state index in [1.54, 1.807) is 26.0 Å². The Labute approximate surface area is 896 Å². The van der Waals surface area contributed by atoms with E-state index in [1.807, 2.05) is 213 Å². The van der Waals surface area contributed by atoms with E-state index in [0.29, 0.717) is 92.5 Å². The Bertz CT molecular complexity index is 4940. The van der Waals surface area contributed by atoms with Crippen molar-refractivity contribution >= 4 is 111 Å². The molecule has 0 aromatic heterocycles. The number of benzene rings is 10. The zero-order valence-electron chi connectivity index (χ0n) is 86.6. The first-order valence-corrected chi connectivity index (χ1v) is 53.6. The number of allylic oxidation sites excluding steroid dienone is 2. The van der Waals surface area contributed by atoms with E-state index in [0.717, 1.165) is 74.2 Å². The fraction of sp³-hybridized carbons (Fsp3) is 0.426. The van der Waals surface area contributed by atoms with Crippen molar-refractivity contribution in [1.29, 1.82) is 10.5 Å². The molecule has 14 rings (SSSR count). The van der Waals surface area contributed by atoms with Crippen LogP contribution in [0.1, 0.15) is 246 Å². The van der Waals surface area contributed by atoms with Gasteiger partial charge in [-0.1, -0.05) is 305 Å². The second kappa shape index (κ2) is 78.4. The highest BCUT2D eigenvalue weighted by Gasteiger charge is 2.54. The lowest BCUT2D eigenvalue weighted by Crippen LogP contribution is -2.64. The first kappa shape index (κ1) is 132. The quantitative estimate of drug-likeness (QED) is 0.0216. The van der Waals surface area contributed by atoms with Crippen LogP contribution in [0.25, 0.3) is 0 Å². The van der Waals surface area contributed by atoms with Gasteiger partial charge in [0.25, 0.3) is 0 Å². The molecule has 27 heteroatoms. The number of carboxylic acid groups (broad SMARTS) is 1. The maximum absolute atomic E-state index is 13.0. The molecular formula is C115H153Br4Cl3F2N6O12. The van der Waals surface area contributed by atoms with Gasteiger partial charge in [-0.15, -0.1) is 34.8 Å². The molecule has 0 amide bonds. The van der Waals surface area contributed by atoms with E-state index in [1.165, 1.54) is 70.6 Å². The summed E-state index contributed by atoms with van der Waals surface area (Å²) in [5, 5.41) is 44.9. The molecule has 10 aromatic rings. The van der Waals surface area contributed by atoms with Gasteiger partial charge >= 0.3 is 5.97 Å². The van der Waals surface area contributed by atoms with Gasteiger partial charge < -0.3 is 53.4 Å². The second-order valence-corrected chi connectivity index (χ2v) is 35.5. The number of rotatable bonds is 30. The minimum atomic E-state index is -0.994. The van der Waals surface area contributed by atoms with Crippen LogP contribution in [0.3, 0.4) is 0 Å². The summed E-state index contributed by atoms with van der Waals surface area (Å²) in [4.78, 5) is 31.8. The van der Waals surface area contributed by atoms with Gasteiger partial charge in [0.05, 0.1) is 56.3 Å². The van der Waals surface area contributed by atoms with Gasteiger partial charge in [0.2, 0.25) is 0 Å². The van der Waals surface area contributed by atoms with Crippen molar-refractivity contribution in [3.8, 4) is 12.1 Å². The van der Waals surface area contributed by atoms with Gasteiger partial charge in [-0.05, 0) is 201 Å². The van der Waals surface area contributed by atoms with Crippen molar-refractivity contribution in [1.82, 2.24) is 19.6 Å². The first-order chi connectivity index (χ1) is 68.7. The number of aliphatic hydroxyl groups is 2. The second-order valence-electron chi connectivity index (χ2n) is 31.0. The van der Waals surface area contributed by atoms with E-state index in [4.69, 9.17) is 83.4 Å². The summed E-state index contributed by atoms with van der Waals surface area (Å²) in [6.45, 7) is 44.7. The standard InChI is InChI=1S/C28H29BrN2O2.C28H30BrNO4.C17H16N2.C11H14BrFO2.C7H4BrFO.C7H14ClN.C4H8O.2C2H6O.4C2H6.CH2Cl2/c1-3-32-27(33-4-2)23-15-16-24(25(29)17-23)28(18-30)19-31(20-28)26(21-11-7-5-8-12-21)22-13-9-6-10-14-22;1-3-33-26(34-4-2)22-15-16-23(24(29)17-22)28(27(31)32)18-30(19-28)25(20-11-7-5-8-12-20)21-13-9-6-10-14-21;18-11-14-12-19(13-14)17(15-7-3-1-4-8-15)16-9-5-2-6-10-16;1-3-14-11(15-4-2)8-5-6-10(13)9(12)7-8;8-6-3-5(4-10)1-2-7(6)9;1-6(2)7(5-8)9(3)4;1-2-4-5-3-1;2*1-2-3;4*1-2;2-1-3/h5-17,26-27H,3-4,19-20H2,1-2H3;5-17,25-26H,3-4,18-19H2,1-2H3,(H,31,32);1-10,14,17H,12-13H2;5-7,11H,3-4H2,1-2H3;1-4H;5H2,1-4H3;1-4H2;2*3H,2H2,1H3;4*1-2H3;1H2. The molecule has 3 N–H and O–H groups in total. The molecule has 142 heavy (non-hydrogen) atoms. The van der Waals surface area contributed by atoms with Crippen LogP contribution in [0.4, 0.5) is 8.78 Å². The lowest BCUT2D eigenvalue weighted by Gasteiger charge is -2.51. The van der Waals surface area contributed by atoms with E-state index in [2.05, 4.69) is 226 Å². The van der Waals surface area contributed by atoms with Crippen LogP contribution in [0.5, 0.6) is 0 Å². The number of nitriles is 2. The average molecular weight is 2280 g/mol. The summed E-state index contributed by atoms with van der Waals surface area (Å²) in [5.74, 6) is -0.663. The number of ether oxygens (including phenoxy) is 7. The molecule has 0 atom stereocenters. The molecule has 0 spiro atoms. The molecule has 0 aliphatic carbocycles. The SMILES string of the molecule is C1CCOC1.CC.CC.CC.CC.CC(C)=C(CCl)N(C)C.CCO.CCO.CCOC(OCC)c1ccc(C2(C#N)CN(C(c3ccccc3)c3ccccc3)C2)c(Br)c1.CCOC(OCC)c1ccc(C2(C(=O)O)CN(C(c3ccccc3)c3ccccc3)C2)c(Br)c1.CCOC(OCC)c1ccc(F)c(Br)c1.ClCCl.N#CC1CN(C(c2ccccc2)c2ccccc2)C1.O=Cc1ccc(F)c(Br)c1. The highest BCUT2D eigenvalue weighted by molar-refractivity contribution is 9.11. The third-order valence-electron chi connectivity index (χ3n) is 21.2. The molecule has 10 aromatic carbocycles. The average Bonchev–Trinajstić information content (AvgIpc) is 0.734. The predicted octanol–water partition coefficient (Wildman–Crippen LogP) is 30.0. The summed E-state index contributed by atoms with van der Waals surface area (Å²) in [6, 6.07) is 88.6. The van der Waals surface area contributed by atoms with Crippen molar-refractivity contribution in [3.63, 3.8) is 0 Å². The molecule has 4 fully saturated rings. The Hall–Kier alpha value is -7.97. The summed E-state index contributed by atoms with van der Waals surface area (Å²) >= 11 is 28.7. The number of carbonyl (C=O) groups is 2. The summed E-state index contributed by atoms with van der Waals surface area (Å²) in [5.41, 5.74) is 13.2. The minimum absolute atomic E-state index is 0.00628. The number of hydrogen-bond acceptors (Lipinski definition) is 17. The summed E-state index contributed by atoms with van der Waals surface area (Å²) in [7, 11) is 4.01. The molecule has 4 heterocycles. The predicted molar refractivity (Wildman–Crippen MR) is 595 cm³/mol. The van der Waals surface area contributed by atoms with Crippen molar-refractivity contribution in [2.45, 2.75) is 185 Å². The smallest absolute Gasteiger partial charge is 0.316 e. The Morgan fingerprint density at radius 1 is 0.451 bits per heavy atom. The molecule has 4 aliphatic rings. The highest BCUT2D eigenvalue weighted by Crippen LogP contribution is 2.48. The molecule has 4 saturated heterocycles. The normalized spacial score (nSPS) is 13.2. The van der Waals surface area contributed by atoms with Crippen LogP contribution in [0, 0.1) is 40.2 Å². The molecular weight excluding hydrogens is 2120 g/mol. The maximum Gasteiger partial charge on any atom is 0.316 e. The van der Waals surface area contributed by atoms with Crippen molar-refractivity contribution in [3.05, 3.63) is 362 Å². The minimum Gasteiger partial charge on any atom is -0.481 e. The van der Waals surface area contributed by atoms with Crippen LogP contribution in [-0.2, 0) is 48.8 Å². The molecule has 0 unspecified atom stereocenters. The van der Waals surface area contributed by atoms with E-state index >= 15 is 0 Å². The highest BCUT2D eigenvalue weighted by atomic mass is 79.9. The number of halogens is 9. The number of hydrogen-bond donors (Lipinski definition) is 3. The van der Waals surface area contributed by atoms with E-state index in [-0.39, 0.29) is 54.2 Å². The van der Waals surface area contributed by atoms with Crippen LogP contribution >= 0.6 is 98.5 Å². The number of aliphatic carboxylic acids is 1. The molecule has 0 radical (unpaired) electrons. The Morgan fingerprint density at radius 2 is 0.732 bits per heavy atom. The molecule has 18 nitrogen and oxygen atoms in total. The van der Waals surface area contributed by atoms with Crippen molar-refractivity contribution < 1.29 is 66.8 Å². The van der Waals surface area contributed by atoms with Crippen LogP contribution in [0.2, 0.25) is 0 Å². The van der Waals surface area contributed by atoms with E-state index in [9.17, 15) is 28.7 Å². The number of aliphatic hydroxyl groups excluding tert-OH is 2. The number of alkyl halides is 3. The Balaban J connectivity index is 0.000000856. The van der Waals surface area contributed by atoms with Crippen LogP contribution in [-0.4, -0.2) is 178 Å². The molecule has 0 saturated carbocycles. The van der Waals surface area contributed by atoms with Crippen LogP contribution < -0.4 is 0 Å². The van der Waals surface area contributed by atoms with Gasteiger partial charge in [0, 0.05) is 156 Å². The Morgan fingerprint density at radius 3 is 0.965 bits per heavy atom. The largest absolute Gasteiger partial charge is 0.481 e. The third kappa shape index (κ3) is 44.4. The van der Waals surface area contributed by atoms with Crippen molar-refractivity contribution in [2.24, 2.45) is 5.92 Å². The first-order valence-electron chi connectivity index (χ1n) is 48.8. The lowest BCUT2D eigenvalue weighted by atomic mass is 9.72. The Kier molecular flexibility index (Phi) is 72.9. The van der Waals surface area contributed by atoms with Gasteiger partial charge in [0.15, 0.2) is 18.9 Å².